The maximum atomic E-state index is 12.0. The number of ether oxygens (including phenoxy) is 1. The van der Waals surface area contributed by atoms with E-state index in [0.29, 0.717) is 6.54 Å². The van der Waals surface area contributed by atoms with Crippen LogP contribution in [0.5, 0.6) is 5.75 Å². The number of aryl methyl sites for hydroxylation is 2. The molecule has 3 nitrogen and oxygen atoms in total. The van der Waals surface area contributed by atoms with Crippen LogP contribution in [-0.2, 0) is 10.5 Å². The molecule has 0 unspecified atom stereocenters. The third-order valence-electron chi connectivity index (χ3n) is 3.60. The molecule has 0 aliphatic heterocycles. The molecular formula is C20H25NO2S. The molecule has 0 aliphatic rings. The minimum atomic E-state index is -0.491. The van der Waals surface area contributed by atoms with Crippen molar-refractivity contribution in [1.29, 1.82) is 0 Å². The quantitative estimate of drug-likeness (QED) is 0.733. The van der Waals surface area contributed by atoms with Crippen molar-refractivity contribution in [2.75, 3.05) is 12.3 Å². The molecule has 0 saturated carbocycles. The van der Waals surface area contributed by atoms with E-state index >= 15 is 0 Å². The molecule has 0 spiro atoms. The number of carbonyl (C=O) groups excluding carboxylic acids is 1. The van der Waals surface area contributed by atoms with Crippen molar-refractivity contribution < 1.29 is 9.53 Å². The number of rotatable bonds is 8. The fraction of sp³-hybridized carbons (Fsp3) is 0.350. The van der Waals surface area contributed by atoms with Gasteiger partial charge in [-0.05, 0) is 38.5 Å². The molecule has 0 heterocycles. The van der Waals surface area contributed by atoms with Crippen LogP contribution in [0.15, 0.2) is 48.5 Å². The molecule has 0 radical (unpaired) electrons. The fourth-order valence-corrected chi connectivity index (χ4v) is 3.06. The molecule has 0 aromatic heterocycles. The lowest BCUT2D eigenvalue weighted by Gasteiger charge is -2.14. The highest BCUT2D eigenvalue weighted by molar-refractivity contribution is 7.98. The Labute approximate surface area is 148 Å². The van der Waals surface area contributed by atoms with Gasteiger partial charge in [0.2, 0.25) is 0 Å². The molecule has 128 valence electrons. The van der Waals surface area contributed by atoms with Crippen LogP contribution in [0.3, 0.4) is 0 Å². The predicted molar refractivity (Wildman–Crippen MR) is 102 cm³/mol. The Morgan fingerprint density at radius 1 is 1.12 bits per heavy atom. The van der Waals surface area contributed by atoms with Crippen molar-refractivity contribution in [1.82, 2.24) is 5.32 Å². The molecule has 24 heavy (non-hydrogen) atoms. The topological polar surface area (TPSA) is 38.3 Å². The Balaban J connectivity index is 1.64. The second-order valence-corrected chi connectivity index (χ2v) is 7.01. The highest BCUT2D eigenvalue weighted by Crippen LogP contribution is 2.14. The summed E-state index contributed by atoms with van der Waals surface area (Å²) in [6, 6.07) is 16.2. The molecule has 1 N–H and O–H groups in total. The molecule has 1 amide bonds. The summed E-state index contributed by atoms with van der Waals surface area (Å²) in [5, 5.41) is 2.93. The van der Waals surface area contributed by atoms with Crippen LogP contribution in [0.4, 0.5) is 0 Å². The smallest absolute Gasteiger partial charge is 0.260 e. The lowest BCUT2D eigenvalue weighted by Crippen LogP contribution is -2.37. The summed E-state index contributed by atoms with van der Waals surface area (Å²) in [4.78, 5) is 12.0. The third kappa shape index (κ3) is 6.28. The van der Waals surface area contributed by atoms with Crippen LogP contribution in [0.25, 0.3) is 0 Å². The highest BCUT2D eigenvalue weighted by atomic mass is 32.2. The number of benzene rings is 2. The molecule has 0 saturated heterocycles. The van der Waals surface area contributed by atoms with Crippen molar-refractivity contribution in [3.63, 3.8) is 0 Å². The van der Waals surface area contributed by atoms with Gasteiger partial charge in [0.15, 0.2) is 6.10 Å². The van der Waals surface area contributed by atoms with Gasteiger partial charge in [0.05, 0.1) is 0 Å². The van der Waals surface area contributed by atoms with E-state index in [1.165, 1.54) is 16.7 Å². The molecule has 2 aromatic rings. The molecule has 4 heteroatoms. The van der Waals surface area contributed by atoms with E-state index in [0.717, 1.165) is 17.3 Å². The van der Waals surface area contributed by atoms with Crippen molar-refractivity contribution in [2.45, 2.75) is 32.6 Å². The average molecular weight is 343 g/mol. The Morgan fingerprint density at radius 3 is 2.58 bits per heavy atom. The first-order chi connectivity index (χ1) is 11.5. The van der Waals surface area contributed by atoms with Crippen molar-refractivity contribution in [3.05, 3.63) is 65.2 Å². The van der Waals surface area contributed by atoms with E-state index < -0.39 is 6.10 Å². The number of nitrogens with one attached hydrogen (secondary N) is 1. The van der Waals surface area contributed by atoms with Gasteiger partial charge in [-0.15, -0.1) is 0 Å². The minimum absolute atomic E-state index is 0.0771. The molecule has 0 fully saturated rings. The zero-order valence-corrected chi connectivity index (χ0v) is 15.4. The average Bonchev–Trinajstić information content (AvgIpc) is 2.56. The van der Waals surface area contributed by atoms with E-state index in [9.17, 15) is 4.79 Å². The van der Waals surface area contributed by atoms with Gasteiger partial charge in [0.1, 0.15) is 5.75 Å². The van der Waals surface area contributed by atoms with Gasteiger partial charge in [0.25, 0.3) is 5.91 Å². The van der Waals surface area contributed by atoms with E-state index in [2.05, 4.69) is 36.5 Å². The monoisotopic (exact) mass is 343 g/mol. The van der Waals surface area contributed by atoms with Crippen molar-refractivity contribution in [2.24, 2.45) is 0 Å². The Hall–Kier alpha value is -1.94. The second-order valence-electron chi connectivity index (χ2n) is 5.91. The van der Waals surface area contributed by atoms with Gasteiger partial charge in [-0.2, -0.15) is 11.8 Å². The largest absolute Gasteiger partial charge is 0.481 e. The molecule has 2 aromatic carbocycles. The zero-order valence-electron chi connectivity index (χ0n) is 14.5. The minimum Gasteiger partial charge on any atom is -0.481 e. The zero-order chi connectivity index (χ0) is 17.4. The number of hydrogen-bond acceptors (Lipinski definition) is 3. The first-order valence-corrected chi connectivity index (χ1v) is 9.34. The van der Waals surface area contributed by atoms with Crippen LogP contribution in [0.2, 0.25) is 0 Å². The highest BCUT2D eigenvalue weighted by Gasteiger charge is 2.13. The lowest BCUT2D eigenvalue weighted by molar-refractivity contribution is -0.127. The van der Waals surface area contributed by atoms with Crippen molar-refractivity contribution >= 4 is 17.7 Å². The van der Waals surface area contributed by atoms with E-state index in [1.54, 1.807) is 6.92 Å². The van der Waals surface area contributed by atoms with Gasteiger partial charge < -0.3 is 10.1 Å². The summed E-state index contributed by atoms with van der Waals surface area (Å²) in [6.45, 7) is 6.55. The summed E-state index contributed by atoms with van der Waals surface area (Å²) in [6.07, 6.45) is -0.491. The predicted octanol–water partition coefficient (Wildman–Crippen LogP) is 4.12. The normalized spacial score (nSPS) is 11.8. The molecule has 2 rings (SSSR count). The number of carbonyl (C=O) groups is 1. The summed E-state index contributed by atoms with van der Waals surface area (Å²) in [5.74, 6) is 2.49. The maximum Gasteiger partial charge on any atom is 0.260 e. The van der Waals surface area contributed by atoms with E-state index in [-0.39, 0.29) is 5.91 Å². The molecule has 0 bridgehead atoms. The second kappa shape index (κ2) is 9.38. The fourth-order valence-electron chi connectivity index (χ4n) is 2.26. The van der Waals surface area contributed by atoms with Crippen LogP contribution in [-0.4, -0.2) is 24.3 Å². The van der Waals surface area contributed by atoms with E-state index in [4.69, 9.17) is 4.74 Å². The first kappa shape index (κ1) is 18.4. The first-order valence-electron chi connectivity index (χ1n) is 8.19. The lowest BCUT2D eigenvalue weighted by atomic mass is 10.2. The van der Waals surface area contributed by atoms with Gasteiger partial charge in [0, 0.05) is 18.1 Å². The summed E-state index contributed by atoms with van der Waals surface area (Å²) in [5.41, 5.74) is 3.77. The third-order valence-corrected chi connectivity index (χ3v) is 4.63. The SMILES string of the molecule is Cc1ccc(O[C@H](C)C(=O)NCCSCc2cccc(C)c2)cc1. The maximum absolute atomic E-state index is 12.0. The van der Waals surface area contributed by atoms with Gasteiger partial charge in [-0.1, -0.05) is 47.5 Å². The van der Waals surface area contributed by atoms with Crippen LogP contribution >= 0.6 is 11.8 Å². The Morgan fingerprint density at radius 2 is 1.88 bits per heavy atom. The molecular weight excluding hydrogens is 318 g/mol. The van der Waals surface area contributed by atoms with E-state index in [1.807, 2.05) is 43.0 Å². The number of thioether (sulfide) groups is 1. The molecule has 1 atom stereocenters. The summed E-state index contributed by atoms with van der Waals surface area (Å²) >= 11 is 1.82. The Bertz CT molecular complexity index is 655. The molecule has 0 aliphatic carbocycles. The van der Waals surface area contributed by atoms with Gasteiger partial charge in [-0.25, -0.2) is 0 Å². The standard InChI is InChI=1S/C20H25NO2S/c1-15-7-9-19(10-8-15)23-17(3)20(22)21-11-12-24-14-18-6-4-5-16(2)13-18/h4-10,13,17H,11-12,14H2,1-3H3,(H,21,22)/t17-/m1/s1. The van der Waals surface area contributed by atoms with Crippen LogP contribution in [0, 0.1) is 13.8 Å². The number of amides is 1. The van der Waals surface area contributed by atoms with Gasteiger partial charge in [-0.3, -0.25) is 4.79 Å². The summed E-state index contributed by atoms with van der Waals surface area (Å²) in [7, 11) is 0. The Kier molecular flexibility index (Phi) is 7.19. The van der Waals surface area contributed by atoms with Crippen LogP contribution < -0.4 is 10.1 Å². The number of hydrogen-bond donors (Lipinski definition) is 1. The van der Waals surface area contributed by atoms with Gasteiger partial charge >= 0.3 is 0 Å². The van der Waals surface area contributed by atoms with Crippen LogP contribution in [0.1, 0.15) is 23.6 Å². The van der Waals surface area contributed by atoms with Crippen molar-refractivity contribution in [3.8, 4) is 5.75 Å². The summed E-state index contributed by atoms with van der Waals surface area (Å²) < 4.78 is 5.65.